The van der Waals surface area contributed by atoms with Gasteiger partial charge in [-0.25, -0.2) is 0 Å². The van der Waals surface area contributed by atoms with Crippen LogP contribution in [0.25, 0.3) is 0 Å². The normalized spacial score (nSPS) is 15.8. The number of carbonyl (C=O) groups is 1. The average Bonchev–Trinajstić information content (AvgIpc) is 2.87. The van der Waals surface area contributed by atoms with Gasteiger partial charge in [-0.1, -0.05) is 44.0 Å². The number of halogens is 2. The Morgan fingerprint density at radius 2 is 1.50 bits per heavy atom. The van der Waals surface area contributed by atoms with E-state index >= 15 is 0 Å². The van der Waals surface area contributed by atoms with Crippen molar-refractivity contribution < 1.29 is 4.79 Å². The highest BCUT2D eigenvalue weighted by molar-refractivity contribution is 9.10. The Labute approximate surface area is 149 Å². The molecule has 0 spiro atoms. The van der Waals surface area contributed by atoms with Crippen molar-refractivity contribution in [2.24, 2.45) is 5.92 Å². The van der Waals surface area contributed by atoms with Crippen molar-refractivity contribution in [3.63, 3.8) is 0 Å². The third kappa shape index (κ3) is 4.53. The maximum absolute atomic E-state index is 11.2. The zero-order chi connectivity index (χ0) is 16.3. The van der Waals surface area contributed by atoms with Crippen molar-refractivity contribution in [3.05, 3.63) is 67.6 Å². The summed E-state index contributed by atoms with van der Waals surface area (Å²) >= 11 is 6.83. The summed E-state index contributed by atoms with van der Waals surface area (Å²) in [5.41, 5.74) is 5.35. The van der Waals surface area contributed by atoms with Gasteiger partial charge in [-0.15, -0.1) is 0 Å². The highest BCUT2D eigenvalue weighted by atomic mass is 79.9. The van der Waals surface area contributed by atoms with Crippen LogP contribution in [-0.4, -0.2) is 5.78 Å². The molecule has 1 nitrogen and oxygen atoms in total. The largest absolute Gasteiger partial charge is 0.300 e. The van der Waals surface area contributed by atoms with Gasteiger partial charge >= 0.3 is 0 Å². The Morgan fingerprint density at radius 3 is 2.09 bits per heavy atom. The first-order valence-corrected chi connectivity index (χ1v) is 8.96. The summed E-state index contributed by atoms with van der Waals surface area (Å²) < 4.78 is 2.26. The second-order valence-electron chi connectivity index (χ2n) is 5.86. The van der Waals surface area contributed by atoms with Gasteiger partial charge in [0.15, 0.2) is 0 Å². The molecule has 3 heteroatoms. The minimum Gasteiger partial charge on any atom is -0.300 e. The first kappa shape index (κ1) is 17.4. The molecule has 0 aromatic heterocycles. The monoisotopic (exact) mass is 422 g/mol. The minimum absolute atomic E-state index is 0.226. The predicted octanol–water partition coefficient (Wildman–Crippen LogP) is 5.82. The van der Waals surface area contributed by atoms with Crippen molar-refractivity contribution >= 4 is 37.6 Å². The van der Waals surface area contributed by atoms with Gasteiger partial charge in [0.1, 0.15) is 5.78 Å². The molecule has 0 saturated carbocycles. The van der Waals surface area contributed by atoms with E-state index in [1.54, 1.807) is 6.92 Å². The molecular weight excluding hydrogens is 404 g/mol. The maximum atomic E-state index is 11.2. The fourth-order valence-electron chi connectivity index (χ4n) is 2.58. The Morgan fingerprint density at radius 1 is 0.909 bits per heavy atom. The van der Waals surface area contributed by atoms with E-state index in [2.05, 4.69) is 76.0 Å². The highest BCUT2D eigenvalue weighted by Gasteiger charge is 2.24. The van der Waals surface area contributed by atoms with E-state index in [1.807, 2.05) is 6.07 Å². The summed E-state index contributed by atoms with van der Waals surface area (Å²) in [4.78, 5) is 11.2. The second-order valence-corrected chi connectivity index (χ2v) is 7.69. The van der Waals surface area contributed by atoms with Crippen LogP contribution in [-0.2, 0) is 17.6 Å². The van der Waals surface area contributed by atoms with Crippen molar-refractivity contribution in [2.75, 3.05) is 0 Å². The summed E-state index contributed by atoms with van der Waals surface area (Å²) in [5, 5.41) is 0. The number of hydrogen-bond acceptors (Lipinski definition) is 1. The Kier molecular flexibility index (Phi) is 5.99. The van der Waals surface area contributed by atoms with Gasteiger partial charge in [-0.05, 0) is 80.1 Å². The third-order valence-electron chi connectivity index (χ3n) is 4.14. The van der Waals surface area contributed by atoms with Crippen LogP contribution in [0.1, 0.15) is 29.2 Å². The summed E-state index contributed by atoms with van der Waals surface area (Å²) in [6.45, 7) is 5.91. The van der Waals surface area contributed by atoms with Crippen LogP contribution >= 0.6 is 31.9 Å². The number of benzene rings is 2. The quantitative estimate of drug-likeness (QED) is 0.564. The third-order valence-corrected chi connectivity index (χ3v) is 5.13. The average molecular weight is 424 g/mol. The van der Waals surface area contributed by atoms with Gasteiger partial charge in [0.05, 0.1) is 0 Å². The van der Waals surface area contributed by atoms with Crippen molar-refractivity contribution in [1.82, 2.24) is 0 Å². The van der Waals surface area contributed by atoms with E-state index < -0.39 is 0 Å². The predicted molar refractivity (Wildman–Crippen MR) is 99.3 cm³/mol. The fourth-order valence-corrected chi connectivity index (χ4v) is 3.46. The molecule has 0 fully saturated rings. The van der Waals surface area contributed by atoms with E-state index in [1.165, 1.54) is 22.3 Å². The van der Waals surface area contributed by atoms with Crippen molar-refractivity contribution in [3.8, 4) is 0 Å². The molecule has 3 rings (SSSR count). The fraction of sp³-hybridized carbons (Fsp3) is 0.316. The van der Waals surface area contributed by atoms with E-state index in [0.29, 0.717) is 5.78 Å². The van der Waals surface area contributed by atoms with Crippen LogP contribution in [0.5, 0.6) is 0 Å². The van der Waals surface area contributed by atoms with Crippen LogP contribution in [0.4, 0.5) is 0 Å². The van der Waals surface area contributed by atoms with Crippen LogP contribution in [0, 0.1) is 19.8 Å². The molecule has 0 N–H and O–H groups in total. The van der Waals surface area contributed by atoms with Crippen molar-refractivity contribution in [1.29, 1.82) is 0 Å². The Balaban J connectivity index is 0.000000172. The van der Waals surface area contributed by atoms with Gasteiger partial charge in [0, 0.05) is 14.9 Å². The molecule has 1 aliphatic carbocycles. The number of aryl methyl sites for hydroxylation is 2. The van der Waals surface area contributed by atoms with E-state index in [4.69, 9.17) is 0 Å². The molecule has 116 valence electrons. The van der Waals surface area contributed by atoms with Gasteiger partial charge < -0.3 is 0 Å². The number of rotatable bonds is 1. The number of fused-ring (bicyclic) bond motifs is 1. The van der Waals surface area contributed by atoms with E-state index in [0.717, 1.165) is 21.8 Å². The van der Waals surface area contributed by atoms with E-state index in [-0.39, 0.29) is 5.92 Å². The highest BCUT2D eigenvalue weighted by Crippen LogP contribution is 2.29. The van der Waals surface area contributed by atoms with Gasteiger partial charge in [0.2, 0.25) is 0 Å². The summed E-state index contributed by atoms with van der Waals surface area (Å²) in [6, 6.07) is 12.6. The molecule has 22 heavy (non-hydrogen) atoms. The van der Waals surface area contributed by atoms with Crippen LogP contribution in [0.3, 0.4) is 0 Å². The minimum atomic E-state index is 0.226. The molecule has 1 atom stereocenters. The molecule has 2 aromatic rings. The molecule has 1 unspecified atom stereocenters. The molecular formula is C19H20Br2O. The van der Waals surface area contributed by atoms with Gasteiger partial charge in [0.25, 0.3) is 0 Å². The zero-order valence-electron chi connectivity index (χ0n) is 13.1. The summed E-state index contributed by atoms with van der Waals surface area (Å²) in [7, 11) is 0. The maximum Gasteiger partial charge on any atom is 0.133 e. The molecule has 0 radical (unpaired) electrons. The van der Waals surface area contributed by atoms with Crippen LogP contribution in [0.15, 0.2) is 45.3 Å². The molecule has 0 heterocycles. The number of Topliss-reactive ketones (excluding diaryl/α,β-unsaturated/α-hetero) is 1. The standard InChI is InChI=1S/C11H11BrO.C8H9Br/c1-7(13)9-4-8-2-3-11(12)6-10(8)5-9;1-6-3-4-8(9)5-7(6)2/h2-3,6,9H,4-5H2,1H3;3-5H,1-2H3. The lowest BCUT2D eigenvalue weighted by atomic mass is 10.0. The number of hydrogen-bond donors (Lipinski definition) is 0. The van der Waals surface area contributed by atoms with Gasteiger partial charge in [-0.3, -0.25) is 4.79 Å². The smallest absolute Gasteiger partial charge is 0.133 e. The van der Waals surface area contributed by atoms with Crippen LogP contribution in [0.2, 0.25) is 0 Å². The van der Waals surface area contributed by atoms with Gasteiger partial charge in [-0.2, -0.15) is 0 Å². The SMILES string of the molecule is CC(=O)C1Cc2ccc(Br)cc2C1.Cc1ccc(Br)cc1C. The lowest BCUT2D eigenvalue weighted by Gasteiger charge is -2.00. The number of ketones is 1. The zero-order valence-corrected chi connectivity index (χ0v) is 16.3. The Bertz CT molecular complexity index is 692. The number of carbonyl (C=O) groups excluding carboxylic acids is 1. The molecule has 0 bridgehead atoms. The molecule has 0 amide bonds. The lowest BCUT2D eigenvalue weighted by molar-refractivity contribution is -0.120. The van der Waals surface area contributed by atoms with Crippen molar-refractivity contribution in [2.45, 2.75) is 33.6 Å². The Hall–Kier alpha value is -0.930. The van der Waals surface area contributed by atoms with E-state index in [9.17, 15) is 4.79 Å². The summed E-state index contributed by atoms with van der Waals surface area (Å²) in [5.74, 6) is 0.539. The molecule has 0 aliphatic heterocycles. The molecule has 2 aromatic carbocycles. The first-order chi connectivity index (χ1) is 10.4. The first-order valence-electron chi connectivity index (χ1n) is 7.37. The lowest BCUT2D eigenvalue weighted by Crippen LogP contribution is -2.09. The summed E-state index contributed by atoms with van der Waals surface area (Å²) in [6.07, 6.45) is 1.85. The topological polar surface area (TPSA) is 17.1 Å². The molecule has 0 saturated heterocycles. The van der Waals surface area contributed by atoms with Crippen LogP contribution < -0.4 is 0 Å². The molecule has 1 aliphatic rings. The second kappa shape index (κ2) is 7.56.